The molecule has 0 radical (unpaired) electrons. The van der Waals surface area contributed by atoms with Crippen LogP contribution >= 0.6 is 29.4 Å². The lowest BCUT2D eigenvalue weighted by atomic mass is 10.1. The van der Waals surface area contributed by atoms with Crippen molar-refractivity contribution in [3.63, 3.8) is 0 Å². The molecule has 0 aliphatic heterocycles. The minimum Gasteiger partial charge on any atom is -0.324 e. The first-order chi connectivity index (χ1) is 10.2. The van der Waals surface area contributed by atoms with Crippen molar-refractivity contribution in [1.29, 1.82) is 0 Å². The van der Waals surface area contributed by atoms with Gasteiger partial charge >= 0.3 is 0 Å². The smallest absolute Gasteiger partial charge is 0.0786 e. The van der Waals surface area contributed by atoms with Gasteiger partial charge in [0.2, 0.25) is 0 Å². The second kappa shape index (κ2) is 20.8. The van der Waals surface area contributed by atoms with Gasteiger partial charge in [-0.25, -0.2) is 0 Å². The van der Waals surface area contributed by atoms with Crippen molar-refractivity contribution in [1.82, 2.24) is 0 Å². The normalized spacial score (nSPS) is 11.0. The summed E-state index contributed by atoms with van der Waals surface area (Å²) in [5.74, 6) is 0. The first-order valence-electron chi connectivity index (χ1n) is 10.1. The van der Waals surface area contributed by atoms with Crippen molar-refractivity contribution in [3.05, 3.63) is 0 Å². The van der Waals surface area contributed by atoms with Crippen molar-refractivity contribution in [2.45, 2.75) is 105 Å². The topological polar surface area (TPSA) is 0 Å². The van der Waals surface area contributed by atoms with Crippen LogP contribution in [0.5, 0.6) is 0 Å². The molecule has 0 atom stereocenters. The van der Waals surface area contributed by atoms with Gasteiger partial charge < -0.3 is 4.48 Å². The predicted octanol–water partition coefficient (Wildman–Crippen LogP) is 7.56. The molecule has 0 aliphatic carbocycles. The Balaban J connectivity index is -0.00000200. The summed E-state index contributed by atoms with van der Waals surface area (Å²) in [6.45, 7) is 15.1. The molecule has 144 valence electrons. The molecule has 0 aromatic heterocycles. The number of rotatable bonds is 16. The van der Waals surface area contributed by atoms with Crippen LogP contribution in [0, 0.1) is 0 Å². The van der Waals surface area contributed by atoms with E-state index in [0.717, 1.165) is 0 Å². The maximum Gasteiger partial charge on any atom is 0.0786 e. The Bertz CT molecular complexity index is 166. The van der Waals surface area contributed by atoms with Crippen LogP contribution in [0.1, 0.15) is 105 Å². The molecule has 0 bridgehead atoms. The van der Waals surface area contributed by atoms with Gasteiger partial charge in [-0.1, -0.05) is 53.4 Å². The quantitative estimate of drug-likeness (QED) is 0.180. The fraction of sp³-hybridized carbons (Fsp3) is 1.00. The molecule has 0 aromatic carbocycles. The lowest BCUT2D eigenvalue weighted by Gasteiger charge is -2.39. The number of hydrogen-bond acceptors (Lipinski definition) is 0. The average molecular weight is 416 g/mol. The van der Waals surface area contributed by atoms with E-state index in [4.69, 9.17) is 0 Å². The Labute approximate surface area is 164 Å². The minimum atomic E-state index is 0. The Hall–Kier alpha value is 0.730. The Morgan fingerprint density at radius 1 is 0.435 bits per heavy atom. The maximum atomic E-state index is 2.33. The molecular weight excluding hydrogens is 370 g/mol. The molecular formula is C20H46BrClN+. The molecule has 0 heterocycles. The lowest BCUT2D eigenvalue weighted by Crippen LogP contribution is -2.50. The van der Waals surface area contributed by atoms with E-state index in [1.165, 1.54) is 108 Å². The Kier molecular flexibility index (Phi) is 25.8. The van der Waals surface area contributed by atoms with E-state index in [-0.39, 0.29) is 29.4 Å². The Morgan fingerprint density at radius 3 is 0.826 bits per heavy atom. The van der Waals surface area contributed by atoms with E-state index in [0.29, 0.717) is 0 Å². The zero-order valence-corrected chi connectivity index (χ0v) is 19.1. The van der Waals surface area contributed by atoms with Gasteiger partial charge in [-0.15, -0.1) is 29.4 Å². The van der Waals surface area contributed by atoms with Crippen molar-refractivity contribution in [2.75, 3.05) is 26.2 Å². The fourth-order valence-electron chi connectivity index (χ4n) is 3.46. The molecule has 0 aliphatic rings. The van der Waals surface area contributed by atoms with Gasteiger partial charge in [0.05, 0.1) is 26.2 Å². The number of nitrogens with zero attached hydrogens (tertiary/aromatic N) is 1. The molecule has 0 fully saturated rings. The summed E-state index contributed by atoms with van der Waals surface area (Å²) in [5.41, 5.74) is 0. The van der Waals surface area contributed by atoms with E-state index < -0.39 is 0 Å². The van der Waals surface area contributed by atoms with Crippen LogP contribution in [0.2, 0.25) is 0 Å². The van der Waals surface area contributed by atoms with Crippen molar-refractivity contribution >= 4 is 29.4 Å². The van der Waals surface area contributed by atoms with Crippen LogP contribution in [-0.4, -0.2) is 30.7 Å². The average Bonchev–Trinajstić information content (AvgIpc) is 2.48. The lowest BCUT2D eigenvalue weighted by molar-refractivity contribution is -0.929. The van der Waals surface area contributed by atoms with E-state index in [9.17, 15) is 0 Å². The van der Waals surface area contributed by atoms with Crippen molar-refractivity contribution in [3.8, 4) is 0 Å². The molecule has 3 heteroatoms. The third kappa shape index (κ3) is 16.0. The molecule has 0 saturated heterocycles. The monoisotopic (exact) mass is 414 g/mol. The van der Waals surface area contributed by atoms with Crippen molar-refractivity contribution in [2.24, 2.45) is 0 Å². The summed E-state index contributed by atoms with van der Waals surface area (Å²) in [4.78, 5) is 0. The largest absolute Gasteiger partial charge is 0.324 e. The van der Waals surface area contributed by atoms with E-state index in [2.05, 4.69) is 27.7 Å². The van der Waals surface area contributed by atoms with Crippen LogP contribution in [0.15, 0.2) is 0 Å². The molecule has 1 nitrogen and oxygen atoms in total. The van der Waals surface area contributed by atoms with Crippen LogP contribution in [0.4, 0.5) is 0 Å². The van der Waals surface area contributed by atoms with Gasteiger partial charge in [0.25, 0.3) is 0 Å². The molecule has 0 amide bonds. The van der Waals surface area contributed by atoms with E-state index >= 15 is 0 Å². The van der Waals surface area contributed by atoms with Crippen LogP contribution in [0.25, 0.3) is 0 Å². The standard InChI is InChI=1S/C20H44N.BrH.ClH/c1-5-9-13-17-21(18-14-10-6-2,19-15-11-7-3)20-16-12-8-4;;/h5-20H2,1-4H3;2*1H/q+1;;. The van der Waals surface area contributed by atoms with Gasteiger partial charge in [0, 0.05) is 0 Å². The molecule has 0 saturated carbocycles. The second-order valence-corrected chi connectivity index (χ2v) is 7.06. The third-order valence-corrected chi connectivity index (χ3v) is 4.94. The van der Waals surface area contributed by atoms with Crippen LogP contribution in [0.3, 0.4) is 0 Å². The van der Waals surface area contributed by atoms with Gasteiger partial charge in [0.1, 0.15) is 0 Å². The van der Waals surface area contributed by atoms with Gasteiger partial charge in [-0.2, -0.15) is 0 Å². The summed E-state index contributed by atoms with van der Waals surface area (Å²) in [7, 11) is 0. The number of unbranched alkanes of at least 4 members (excludes halogenated alkanes) is 8. The summed E-state index contributed by atoms with van der Waals surface area (Å²) in [5, 5.41) is 0. The number of quaternary nitrogens is 1. The first kappa shape index (κ1) is 28.5. The highest BCUT2D eigenvalue weighted by Crippen LogP contribution is 2.18. The molecule has 23 heavy (non-hydrogen) atoms. The van der Waals surface area contributed by atoms with Gasteiger partial charge in [-0.3, -0.25) is 0 Å². The first-order valence-corrected chi connectivity index (χ1v) is 10.1. The summed E-state index contributed by atoms with van der Waals surface area (Å²) < 4.78 is 1.44. The second-order valence-electron chi connectivity index (χ2n) is 7.06. The summed E-state index contributed by atoms with van der Waals surface area (Å²) >= 11 is 0. The fourth-order valence-corrected chi connectivity index (χ4v) is 3.46. The SMILES string of the molecule is Br.CCCCC[N+](CCCCC)(CCCCC)CCCCC.Cl. The predicted molar refractivity (Wildman–Crippen MR) is 115 cm³/mol. The molecule has 0 aromatic rings. The van der Waals surface area contributed by atoms with E-state index in [1.807, 2.05) is 0 Å². The van der Waals surface area contributed by atoms with Crippen LogP contribution in [-0.2, 0) is 0 Å². The highest BCUT2D eigenvalue weighted by atomic mass is 79.9. The van der Waals surface area contributed by atoms with Gasteiger partial charge in [-0.05, 0) is 51.4 Å². The highest BCUT2D eigenvalue weighted by Gasteiger charge is 2.25. The molecule has 0 unspecified atom stereocenters. The van der Waals surface area contributed by atoms with E-state index in [1.54, 1.807) is 0 Å². The summed E-state index contributed by atoms with van der Waals surface area (Å²) in [6.07, 6.45) is 16.9. The summed E-state index contributed by atoms with van der Waals surface area (Å²) in [6, 6.07) is 0. The Morgan fingerprint density at radius 2 is 0.652 bits per heavy atom. The van der Waals surface area contributed by atoms with Gasteiger partial charge in [0.15, 0.2) is 0 Å². The number of hydrogen-bond donors (Lipinski definition) is 0. The molecule has 0 spiro atoms. The van der Waals surface area contributed by atoms with Crippen molar-refractivity contribution < 1.29 is 4.48 Å². The zero-order valence-electron chi connectivity index (χ0n) is 16.6. The zero-order chi connectivity index (χ0) is 15.8. The number of halogens is 2. The molecule has 0 N–H and O–H groups in total. The third-order valence-electron chi connectivity index (χ3n) is 4.94. The maximum absolute atomic E-state index is 2.33. The molecule has 0 rings (SSSR count). The minimum absolute atomic E-state index is 0. The van der Waals surface area contributed by atoms with Crippen LogP contribution < -0.4 is 0 Å². The highest BCUT2D eigenvalue weighted by molar-refractivity contribution is 8.93.